The highest BCUT2D eigenvalue weighted by Crippen LogP contribution is 2.35. The van der Waals surface area contributed by atoms with Gasteiger partial charge in [-0.25, -0.2) is 18.7 Å². The maximum absolute atomic E-state index is 14.6. The van der Waals surface area contributed by atoms with Gasteiger partial charge in [0.25, 0.3) is 0 Å². The van der Waals surface area contributed by atoms with Gasteiger partial charge in [-0.1, -0.05) is 0 Å². The van der Waals surface area contributed by atoms with E-state index in [-0.39, 0.29) is 5.56 Å². The molecule has 7 heteroatoms. The fourth-order valence-corrected chi connectivity index (χ4v) is 3.18. The predicted molar refractivity (Wildman–Crippen MR) is 90.9 cm³/mol. The molecule has 1 N–H and O–H groups in total. The van der Waals surface area contributed by atoms with E-state index in [0.29, 0.717) is 33.5 Å². The van der Waals surface area contributed by atoms with Crippen LogP contribution in [0.4, 0.5) is 8.78 Å². The Morgan fingerprint density at radius 3 is 2.48 bits per heavy atom. The first-order valence-electron chi connectivity index (χ1n) is 7.75. The number of fused-ring (bicyclic) bond motifs is 1. The van der Waals surface area contributed by atoms with Gasteiger partial charge in [0, 0.05) is 47.3 Å². The molecule has 0 saturated carbocycles. The summed E-state index contributed by atoms with van der Waals surface area (Å²) in [6.45, 7) is 3.67. The van der Waals surface area contributed by atoms with E-state index < -0.39 is 11.6 Å². The van der Waals surface area contributed by atoms with Gasteiger partial charge in [0.15, 0.2) is 5.65 Å². The zero-order chi connectivity index (χ0) is 17.7. The SMILES string of the molecule is Cc1nn(C)c(C)c1-c1cc(-c2ccnc3nc[nH]c23)c(F)cc1F. The smallest absolute Gasteiger partial charge is 0.178 e. The molecule has 25 heavy (non-hydrogen) atoms. The van der Waals surface area contributed by atoms with Crippen LogP contribution in [-0.2, 0) is 7.05 Å². The van der Waals surface area contributed by atoms with Crippen LogP contribution in [0.1, 0.15) is 11.4 Å². The number of imidazole rings is 1. The molecule has 0 atom stereocenters. The van der Waals surface area contributed by atoms with Gasteiger partial charge in [0.05, 0.1) is 17.5 Å². The summed E-state index contributed by atoms with van der Waals surface area (Å²) in [5, 5.41) is 4.32. The fraction of sp³-hybridized carbons (Fsp3) is 0.167. The zero-order valence-electron chi connectivity index (χ0n) is 13.9. The Kier molecular flexibility index (Phi) is 3.38. The van der Waals surface area contributed by atoms with Crippen molar-refractivity contribution < 1.29 is 8.78 Å². The van der Waals surface area contributed by atoms with Crippen LogP contribution < -0.4 is 0 Å². The third-order valence-electron chi connectivity index (χ3n) is 4.45. The van der Waals surface area contributed by atoms with Crippen LogP contribution >= 0.6 is 0 Å². The van der Waals surface area contributed by atoms with Crippen LogP contribution in [0.15, 0.2) is 30.7 Å². The summed E-state index contributed by atoms with van der Waals surface area (Å²) < 4.78 is 30.8. The molecule has 0 amide bonds. The Morgan fingerprint density at radius 1 is 1.00 bits per heavy atom. The van der Waals surface area contributed by atoms with Crippen LogP contribution in [0, 0.1) is 25.5 Å². The molecule has 3 aromatic heterocycles. The summed E-state index contributed by atoms with van der Waals surface area (Å²) in [6.07, 6.45) is 3.06. The molecule has 0 fully saturated rings. The van der Waals surface area contributed by atoms with E-state index >= 15 is 0 Å². The molecule has 4 aromatic rings. The van der Waals surface area contributed by atoms with Crippen LogP contribution in [0.5, 0.6) is 0 Å². The number of nitrogens with zero attached hydrogens (tertiary/aromatic N) is 4. The first kappa shape index (κ1) is 15.4. The van der Waals surface area contributed by atoms with Crippen molar-refractivity contribution in [3.63, 3.8) is 0 Å². The summed E-state index contributed by atoms with van der Waals surface area (Å²) >= 11 is 0. The first-order valence-corrected chi connectivity index (χ1v) is 7.75. The van der Waals surface area contributed by atoms with Crippen LogP contribution in [0.25, 0.3) is 33.4 Å². The number of hydrogen-bond acceptors (Lipinski definition) is 3. The number of nitrogens with one attached hydrogen (secondary N) is 1. The molecule has 0 spiro atoms. The molecule has 0 radical (unpaired) electrons. The molecule has 0 bridgehead atoms. The fourth-order valence-electron chi connectivity index (χ4n) is 3.18. The second-order valence-corrected chi connectivity index (χ2v) is 5.94. The van der Waals surface area contributed by atoms with Crippen molar-refractivity contribution in [1.82, 2.24) is 24.7 Å². The minimum Gasteiger partial charge on any atom is -0.343 e. The maximum Gasteiger partial charge on any atom is 0.178 e. The number of hydrogen-bond donors (Lipinski definition) is 1. The van der Waals surface area contributed by atoms with E-state index in [0.717, 1.165) is 11.8 Å². The molecule has 126 valence electrons. The second-order valence-electron chi connectivity index (χ2n) is 5.94. The molecular formula is C18H15F2N5. The van der Waals surface area contributed by atoms with E-state index in [2.05, 4.69) is 20.1 Å². The molecule has 5 nitrogen and oxygen atoms in total. The zero-order valence-corrected chi connectivity index (χ0v) is 13.9. The number of aryl methyl sites for hydroxylation is 2. The monoisotopic (exact) mass is 339 g/mol. The largest absolute Gasteiger partial charge is 0.343 e. The Balaban J connectivity index is 2.01. The Morgan fingerprint density at radius 2 is 1.76 bits per heavy atom. The second kappa shape index (κ2) is 5.47. The number of halogens is 2. The lowest BCUT2D eigenvalue weighted by Crippen LogP contribution is -1.95. The lowest BCUT2D eigenvalue weighted by atomic mass is 9.97. The van der Waals surface area contributed by atoms with Crippen LogP contribution in [0.3, 0.4) is 0 Å². The Labute approximate surface area is 142 Å². The summed E-state index contributed by atoms with van der Waals surface area (Å²) in [5.41, 5.74) is 4.47. The third-order valence-corrected chi connectivity index (χ3v) is 4.45. The van der Waals surface area contributed by atoms with Gasteiger partial charge in [-0.15, -0.1) is 0 Å². The van der Waals surface area contributed by atoms with E-state index in [1.165, 1.54) is 12.4 Å². The summed E-state index contributed by atoms with van der Waals surface area (Å²) in [6, 6.07) is 4.13. The van der Waals surface area contributed by atoms with Crippen LogP contribution in [0.2, 0.25) is 0 Å². The molecule has 4 rings (SSSR count). The van der Waals surface area contributed by atoms with Gasteiger partial charge in [-0.3, -0.25) is 4.68 Å². The third kappa shape index (κ3) is 2.31. The van der Waals surface area contributed by atoms with E-state index in [9.17, 15) is 8.78 Å². The van der Waals surface area contributed by atoms with Gasteiger partial charge < -0.3 is 4.98 Å². The van der Waals surface area contributed by atoms with Crippen molar-refractivity contribution in [2.24, 2.45) is 7.05 Å². The molecule has 0 unspecified atom stereocenters. The van der Waals surface area contributed by atoms with Gasteiger partial charge in [-0.2, -0.15) is 5.10 Å². The summed E-state index contributed by atoms with van der Waals surface area (Å²) in [7, 11) is 1.80. The standard InChI is InChI=1S/C18H15F2N5/c1-9-16(10(2)25(3)24-9)13-6-12(14(19)7-15(13)20)11-4-5-21-18-17(11)22-8-23-18/h4-8H,1-3H3,(H,21,22,23). The lowest BCUT2D eigenvalue weighted by molar-refractivity contribution is 0.588. The van der Waals surface area contributed by atoms with Crippen molar-refractivity contribution in [3.05, 3.63) is 53.7 Å². The number of pyridine rings is 1. The number of H-pyrrole nitrogens is 1. The Hall–Kier alpha value is -3.09. The van der Waals surface area contributed by atoms with Crippen molar-refractivity contribution in [3.8, 4) is 22.3 Å². The minimum atomic E-state index is -0.637. The number of rotatable bonds is 2. The molecule has 0 aliphatic heterocycles. The highest BCUT2D eigenvalue weighted by atomic mass is 19.1. The lowest BCUT2D eigenvalue weighted by Gasteiger charge is -2.10. The van der Waals surface area contributed by atoms with Crippen molar-refractivity contribution in [2.75, 3.05) is 0 Å². The number of aromatic nitrogens is 5. The van der Waals surface area contributed by atoms with Gasteiger partial charge in [0.1, 0.15) is 11.6 Å². The van der Waals surface area contributed by atoms with E-state index in [1.54, 1.807) is 24.0 Å². The van der Waals surface area contributed by atoms with Crippen molar-refractivity contribution >= 4 is 11.2 Å². The first-order chi connectivity index (χ1) is 12.0. The molecule has 0 aliphatic rings. The maximum atomic E-state index is 14.6. The van der Waals surface area contributed by atoms with Crippen LogP contribution in [-0.4, -0.2) is 24.7 Å². The normalized spacial score (nSPS) is 11.4. The highest BCUT2D eigenvalue weighted by molar-refractivity contribution is 5.91. The van der Waals surface area contributed by atoms with Gasteiger partial charge >= 0.3 is 0 Å². The number of benzene rings is 1. The molecular weight excluding hydrogens is 324 g/mol. The molecule has 3 heterocycles. The highest BCUT2D eigenvalue weighted by Gasteiger charge is 2.20. The molecule has 1 aromatic carbocycles. The van der Waals surface area contributed by atoms with Crippen molar-refractivity contribution in [2.45, 2.75) is 13.8 Å². The topological polar surface area (TPSA) is 59.4 Å². The van der Waals surface area contributed by atoms with Gasteiger partial charge in [0.2, 0.25) is 0 Å². The summed E-state index contributed by atoms with van der Waals surface area (Å²) in [4.78, 5) is 11.2. The average Bonchev–Trinajstić information content (AvgIpc) is 3.14. The quantitative estimate of drug-likeness (QED) is 0.602. The molecule has 0 saturated heterocycles. The van der Waals surface area contributed by atoms with E-state index in [1.807, 2.05) is 13.8 Å². The minimum absolute atomic E-state index is 0.288. The van der Waals surface area contributed by atoms with E-state index in [4.69, 9.17) is 0 Å². The summed E-state index contributed by atoms with van der Waals surface area (Å²) in [5.74, 6) is -1.25. The van der Waals surface area contributed by atoms with Gasteiger partial charge in [-0.05, 0) is 26.0 Å². The number of aromatic amines is 1. The molecule has 0 aliphatic carbocycles. The average molecular weight is 339 g/mol. The predicted octanol–water partition coefficient (Wildman–Crippen LogP) is 3.92. The Bertz CT molecular complexity index is 1110. The van der Waals surface area contributed by atoms with Crippen molar-refractivity contribution in [1.29, 1.82) is 0 Å².